The number of rotatable bonds is 11. The van der Waals surface area contributed by atoms with E-state index in [0.29, 0.717) is 6.54 Å². The SMILES string of the molecule is CC[Si](CC)(c1ccc(NC[C@@H](O)CO)c(C)c1)c1ccc(OCC(=O)C(C)(C)C)c(C)c1. The van der Waals surface area contributed by atoms with Crippen LogP contribution >= 0.6 is 0 Å². The molecule has 0 saturated carbocycles. The van der Waals surface area contributed by atoms with Crippen LogP contribution in [0, 0.1) is 19.3 Å². The molecule has 0 unspecified atom stereocenters. The summed E-state index contributed by atoms with van der Waals surface area (Å²) in [5.41, 5.74) is 2.76. The van der Waals surface area contributed by atoms with Gasteiger partial charge in [0.1, 0.15) is 20.4 Å². The molecular weight excluding hydrogens is 430 g/mol. The molecule has 3 N–H and O–H groups in total. The third-order valence-corrected chi connectivity index (χ3v) is 11.9. The number of ketones is 1. The number of aliphatic hydroxyl groups excluding tert-OH is 2. The van der Waals surface area contributed by atoms with Gasteiger partial charge in [0.05, 0.1) is 12.7 Å². The molecule has 182 valence electrons. The number of anilines is 1. The van der Waals surface area contributed by atoms with Crippen LogP contribution < -0.4 is 20.4 Å². The Kier molecular flexibility index (Phi) is 9.29. The Morgan fingerprint density at radius 1 is 1.03 bits per heavy atom. The molecule has 0 aromatic heterocycles. The topological polar surface area (TPSA) is 78.8 Å². The van der Waals surface area contributed by atoms with E-state index < -0.39 is 19.6 Å². The molecule has 0 bridgehead atoms. The maximum Gasteiger partial charge on any atom is 0.175 e. The second-order valence-corrected chi connectivity index (χ2v) is 14.7. The molecule has 0 radical (unpaired) electrons. The van der Waals surface area contributed by atoms with Gasteiger partial charge in [-0.15, -0.1) is 0 Å². The van der Waals surface area contributed by atoms with Gasteiger partial charge in [0.15, 0.2) is 5.78 Å². The molecule has 1 atom stereocenters. The Bertz CT molecular complexity index is 948. The van der Waals surface area contributed by atoms with Gasteiger partial charge < -0.3 is 20.3 Å². The van der Waals surface area contributed by atoms with E-state index >= 15 is 0 Å². The predicted molar refractivity (Wildman–Crippen MR) is 140 cm³/mol. The fourth-order valence-electron chi connectivity index (χ4n) is 4.15. The Labute approximate surface area is 200 Å². The third-order valence-electron chi connectivity index (χ3n) is 6.65. The Morgan fingerprint density at radius 3 is 2.09 bits per heavy atom. The van der Waals surface area contributed by atoms with E-state index in [9.17, 15) is 9.90 Å². The van der Waals surface area contributed by atoms with Gasteiger partial charge in [-0.1, -0.05) is 81.3 Å². The minimum Gasteiger partial charge on any atom is -0.486 e. The van der Waals surface area contributed by atoms with Gasteiger partial charge in [-0.25, -0.2) is 0 Å². The van der Waals surface area contributed by atoms with Crippen molar-refractivity contribution in [1.82, 2.24) is 0 Å². The lowest BCUT2D eigenvalue weighted by Crippen LogP contribution is -2.57. The minimum absolute atomic E-state index is 0.0897. The zero-order valence-electron chi connectivity index (χ0n) is 21.3. The van der Waals surface area contributed by atoms with Crippen molar-refractivity contribution in [2.45, 2.75) is 66.7 Å². The molecule has 0 aliphatic carbocycles. The average Bonchev–Trinajstić information content (AvgIpc) is 2.78. The van der Waals surface area contributed by atoms with Crippen molar-refractivity contribution in [2.24, 2.45) is 5.41 Å². The van der Waals surface area contributed by atoms with Gasteiger partial charge in [0, 0.05) is 17.6 Å². The fraction of sp³-hybridized carbons (Fsp3) is 0.519. The summed E-state index contributed by atoms with van der Waals surface area (Å²) in [6.45, 7) is 14.6. The maximum absolute atomic E-state index is 12.3. The zero-order chi connectivity index (χ0) is 24.8. The van der Waals surface area contributed by atoms with Crippen LogP contribution in [0.15, 0.2) is 36.4 Å². The van der Waals surface area contributed by atoms with Gasteiger partial charge in [0.25, 0.3) is 0 Å². The highest BCUT2D eigenvalue weighted by Crippen LogP contribution is 2.24. The Morgan fingerprint density at radius 2 is 1.61 bits per heavy atom. The molecule has 5 nitrogen and oxygen atoms in total. The second-order valence-electron chi connectivity index (χ2n) is 9.98. The number of benzene rings is 2. The summed E-state index contributed by atoms with van der Waals surface area (Å²) in [5, 5.41) is 24.7. The number of Topliss-reactive ketones (excluding diaryl/α,β-unsaturated/α-hetero) is 1. The van der Waals surface area contributed by atoms with Crippen LogP contribution in [-0.4, -0.2) is 49.9 Å². The van der Waals surface area contributed by atoms with Crippen molar-refractivity contribution in [3.05, 3.63) is 47.5 Å². The van der Waals surface area contributed by atoms with Crippen LogP contribution in [0.5, 0.6) is 5.75 Å². The fourth-order valence-corrected chi connectivity index (χ4v) is 8.41. The molecule has 0 aliphatic heterocycles. The van der Waals surface area contributed by atoms with Gasteiger partial charge in [-0.3, -0.25) is 4.79 Å². The molecule has 0 heterocycles. The molecule has 6 heteroatoms. The third kappa shape index (κ3) is 6.46. The van der Waals surface area contributed by atoms with Crippen molar-refractivity contribution in [3.63, 3.8) is 0 Å². The molecule has 33 heavy (non-hydrogen) atoms. The number of aliphatic hydroxyl groups is 2. The number of hydrogen-bond acceptors (Lipinski definition) is 5. The first kappa shape index (κ1) is 27.1. The van der Waals surface area contributed by atoms with Crippen LogP contribution in [0.1, 0.15) is 45.7 Å². The van der Waals surface area contributed by atoms with Crippen molar-refractivity contribution < 1.29 is 19.7 Å². The quantitative estimate of drug-likeness (QED) is 0.436. The normalized spacial score (nSPS) is 13.0. The van der Waals surface area contributed by atoms with E-state index in [2.05, 4.69) is 63.3 Å². The molecule has 2 rings (SSSR count). The molecule has 0 amide bonds. The molecular formula is C27H41NO4Si. The second kappa shape index (κ2) is 11.3. The highest BCUT2D eigenvalue weighted by Gasteiger charge is 2.34. The number of carbonyl (C=O) groups is 1. The summed E-state index contributed by atoms with van der Waals surface area (Å²) in [6, 6.07) is 15.2. The smallest absolute Gasteiger partial charge is 0.175 e. The molecule has 2 aromatic rings. The lowest BCUT2D eigenvalue weighted by Gasteiger charge is -2.32. The molecule has 0 fully saturated rings. The van der Waals surface area contributed by atoms with Gasteiger partial charge in [-0.2, -0.15) is 0 Å². The minimum atomic E-state index is -1.97. The summed E-state index contributed by atoms with van der Waals surface area (Å²) >= 11 is 0. The average molecular weight is 472 g/mol. The molecule has 0 aliphatic rings. The molecule has 2 aromatic carbocycles. The summed E-state index contributed by atoms with van der Waals surface area (Å²) in [5.74, 6) is 0.858. The zero-order valence-corrected chi connectivity index (χ0v) is 22.3. The lowest BCUT2D eigenvalue weighted by molar-refractivity contribution is -0.128. The molecule has 0 saturated heterocycles. The van der Waals surface area contributed by atoms with E-state index in [1.54, 1.807) is 0 Å². The molecule has 0 spiro atoms. The summed E-state index contributed by atoms with van der Waals surface area (Å²) in [7, 11) is -1.97. The summed E-state index contributed by atoms with van der Waals surface area (Å²) in [6.07, 6.45) is -0.772. The van der Waals surface area contributed by atoms with E-state index in [1.807, 2.05) is 26.8 Å². The van der Waals surface area contributed by atoms with Gasteiger partial charge in [-0.05, 0) is 37.1 Å². The van der Waals surface area contributed by atoms with E-state index in [0.717, 1.165) is 34.7 Å². The summed E-state index contributed by atoms with van der Waals surface area (Å²) in [4.78, 5) is 12.3. The Hall–Kier alpha value is -2.15. The number of nitrogens with one attached hydrogen (secondary N) is 1. The van der Waals surface area contributed by atoms with Crippen LogP contribution in [0.25, 0.3) is 0 Å². The van der Waals surface area contributed by atoms with Crippen molar-refractivity contribution in [3.8, 4) is 5.75 Å². The van der Waals surface area contributed by atoms with Crippen LogP contribution in [0.4, 0.5) is 5.69 Å². The van der Waals surface area contributed by atoms with E-state index in [1.165, 1.54) is 10.4 Å². The van der Waals surface area contributed by atoms with Crippen LogP contribution in [-0.2, 0) is 4.79 Å². The maximum atomic E-state index is 12.3. The monoisotopic (exact) mass is 471 g/mol. The highest BCUT2D eigenvalue weighted by molar-refractivity contribution is 7.02. The first-order valence-electron chi connectivity index (χ1n) is 11.9. The van der Waals surface area contributed by atoms with Crippen molar-refractivity contribution in [2.75, 3.05) is 25.1 Å². The number of ether oxygens (including phenoxy) is 1. The first-order valence-corrected chi connectivity index (χ1v) is 14.3. The van der Waals surface area contributed by atoms with Gasteiger partial charge >= 0.3 is 0 Å². The number of hydrogen-bond donors (Lipinski definition) is 3. The Balaban J connectivity index is 2.32. The summed E-state index contributed by atoms with van der Waals surface area (Å²) < 4.78 is 5.88. The largest absolute Gasteiger partial charge is 0.486 e. The highest BCUT2D eigenvalue weighted by atomic mass is 28.3. The van der Waals surface area contributed by atoms with Crippen LogP contribution in [0.3, 0.4) is 0 Å². The number of carbonyl (C=O) groups excluding carboxylic acids is 1. The lowest BCUT2D eigenvalue weighted by atomic mass is 9.91. The standard InChI is InChI=1S/C27H41NO4Si/c1-8-33(9-2,22-10-12-24(19(3)14-22)28-16-21(30)17-29)23-11-13-25(20(4)15-23)32-18-26(31)27(5,6)7/h10-15,21,28-30H,8-9,16-18H2,1-7H3/t21-/m1/s1. The number of aryl methyl sites for hydroxylation is 2. The first-order chi connectivity index (χ1) is 15.5. The van der Waals surface area contributed by atoms with Crippen molar-refractivity contribution >= 4 is 29.9 Å². The predicted octanol–water partition coefficient (Wildman–Crippen LogP) is 3.67. The van der Waals surface area contributed by atoms with E-state index in [4.69, 9.17) is 9.84 Å². The van der Waals surface area contributed by atoms with Crippen LogP contribution in [0.2, 0.25) is 12.1 Å². The van der Waals surface area contributed by atoms with Gasteiger partial charge in [0.2, 0.25) is 0 Å². The van der Waals surface area contributed by atoms with Crippen molar-refractivity contribution in [1.29, 1.82) is 0 Å². The van der Waals surface area contributed by atoms with E-state index in [-0.39, 0.29) is 19.0 Å².